The molecule has 0 fully saturated rings. The van der Waals surface area contributed by atoms with Crippen LogP contribution in [0.1, 0.15) is 34.1 Å². The van der Waals surface area contributed by atoms with Gasteiger partial charge in [-0.1, -0.05) is 26.0 Å². The van der Waals surface area contributed by atoms with Crippen LogP contribution in [0.5, 0.6) is 0 Å². The second-order valence-corrected chi connectivity index (χ2v) is 6.09. The van der Waals surface area contributed by atoms with E-state index >= 15 is 0 Å². The van der Waals surface area contributed by atoms with Crippen molar-refractivity contribution in [1.29, 1.82) is 0 Å². The summed E-state index contributed by atoms with van der Waals surface area (Å²) >= 11 is 1.40. The molecule has 0 aliphatic carbocycles. The first-order valence-electron chi connectivity index (χ1n) is 7.17. The highest BCUT2D eigenvalue weighted by molar-refractivity contribution is 7.13. The lowest BCUT2D eigenvalue weighted by atomic mass is 10.2. The molecule has 2 aromatic rings. The van der Waals surface area contributed by atoms with Gasteiger partial charge in [0.2, 0.25) is 0 Å². The molecule has 2 rings (SSSR count). The number of rotatable bonds is 6. The van der Waals surface area contributed by atoms with Crippen molar-refractivity contribution in [1.82, 2.24) is 9.88 Å². The summed E-state index contributed by atoms with van der Waals surface area (Å²) in [6.45, 7) is 9.24. The first-order chi connectivity index (χ1) is 10.1. The molecule has 0 radical (unpaired) electrons. The lowest BCUT2D eigenvalue weighted by Crippen LogP contribution is -2.22. The summed E-state index contributed by atoms with van der Waals surface area (Å²) in [7, 11) is 0. The van der Waals surface area contributed by atoms with E-state index < -0.39 is 0 Å². The molecule has 0 atom stereocenters. The van der Waals surface area contributed by atoms with Crippen molar-refractivity contribution in [3.8, 4) is 0 Å². The van der Waals surface area contributed by atoms with E-state index in [2.05, 4.69) is 41.2 Å². The van der Waals surface area contributed by atoms with Gasteiger partial charge >= 0.3 is 0 Å². The Labute approximate surface area is 129 Å². The number of hydrogen-bond donors (Lipinski definition) is 1. The first-order valence-corrected chi connectivity index (χ1v) is 7.99. The van der Waals surface area contributed by atoms with Crippen LogP contribution in [0.25, 0.3) is 0 Å². The van der Waals surface area contributed by atoms with Gasteiger partial charge < -0.3 is 5.32 Å². The molecule has 0 saturated carbocycles. The topological polar surface area (TPSA) is 45.2 Å². The number of amides is 1. The fourth-order valence-corrected chi connectivity index (χ4v) is 2.73. The summed E-state index contributed by atoms with van der Waals surface area (Å²) in [6.07, 6.45) is 1.62. The van der Waals surface area contributed by atoms with Gasteiger partial charge in [0.25, 0.3) is 5.91 Å². The molecule has 1 aromatic carbocycles. The monoisotopic (exact) mass is 303 g/mol. The van der Waals surface area contributed by atoms with Gasteiger partial charge in [0.15, 0.2) is 0 Å². The number of carbonyl (C=O) groups is 1. The van der Waals surface area contributed by atoms with E-state index in [-0.39, 0.29) is 5.91 Å². The fourth-order valence-electron chi connectivity index (χ4n) is 2.06. The number of anilines is 1. The summed E-state index contributed by atoms with van der Waals surface area (Å²) in [6, 6.07) is 8.02. The Kier molecular flexibility index (Phi) is 5.47. The van der Waals surface area contributed by atoms with Crippen molar-refractivity contribution in [3.05, 3.63) is 45.9 Å². The minimum absolute atomic E-state index is 0.0999. The number of hydrogen-bond acceptors (Lipinski definition) is 4. The smallest absolute Gasteiger partial charge is 0.267 e. The molecule has 112 valence electrons. The molecule has 0 aliphatic heterocycles. The quantitative estimate of drug-likeness (QED) is 0.887. The SMILES string of the molecule is CCN(CC)Cc1ccc(NC(=O)c2cnc(C)s2)cc1. The van der Waals surface area contributed by atoms with Gasteiger partial charge in [-0.3, -0.25) is 9.69 Å². The van der Waals surface area contributed by atoms with Crippen LogP contribution in [-0.2, 0) is 6.54 Å². The second-order valence-electron chi connectivity index (χ2n) is 4.86. The standard InChI is InChI=1S/C16H21N3OS/c1-4-19(5-2)11-13-6-8-14(9-7-13)18-16(20)15-10-17-12(3)21-15/h6-10H,4-5,11H2,1-3H3,(H,18,20). The number of carbonyl (C=O) groups excluding carboxylic acids is 1. The lowest BCUT2D eigenvalue weighted by molar-refractivity contribution is 0.103. The van der Waals surface area contributed by atoms with Crippen LogP contribution in [0, 0.1) is 6.92 Å². The molecule has 1 heterocycles. The molecule has 0 spiro atoms. The van der Waals surface area contributed by atoms with Gasteiger partial charge in [-0.05, 0) is 37.7 Å². The zero-order valence-electron chi connectivity index (χ0n) is 12.7. The summed E-state index contributed by atoms with van der Waals surface area (Å²) < 4.78 is 0. The van der Waals surface area contributed by atoms with Gasteiger partial charge in [-0.25, -0.2) is 4.98 Å². The third-order valence-electron chi connectivity index (χ3n) is 3.36. The summed E-state index contributed by atoms with van der Waals surface area (Å²) in [4.78, 5) is 19.1. The number of nitrogens with zero attached hydrogens (tertiary/aromatic N) is 2. The largest absolute Gasteiger partial charge is 0.321 e. The van der Waals surface area contributed by atoms with Gasteiger partial charge in [-0.2, -0.15) is 0 Å². The van der Waals surface area contributed by atoms with E-state index in [1.54, 1.807) is 6.20 Å². The lowest BCUT2D eigenvalue weighted by Gasteiger charge is -2.18. The van der Waals surface area contributed by atoms with E-state index in [1.165, 1.54) is 16.9 Å². The van der Waals surface area contributed by atoms with E-state index in [9.17, 15) is 4.79 Å². The molecular weight excluding hydrogens is 282 g/mol. The van der Waals surface area contributed by atoms with Crippen molar-refractivity contribution >= 4 is 22.9 Å². The number of thiazole rings is 1. The maximum absolute atomic E-state index is 12.0. The highest BCUT2D eigenvalue weighted by Gasteiger charge is 2.09. The van der Waals surface area contributed by atoms with Gasteiger partial charge in [0.1, 0.15) is 4.88 Å². The predicted molar refractivity (Wildman–Crippen MR) is 87.9 cm³/mol. The highest BCUT2D eigenvalue weighted by atomic mass is 32.1. The third-order valence-corrected chi connectivity index (χ3v) is 4.27. The molecule has 21 heavy (non-hydrogen) atoms. The molecule has 5 heteroatoms. The maximum atomic E-state index is 12.0. The van der Waals surface area contributed by atoms with Crippen LogP contribution in [0.15, 0.2) is 30.5 Å². The third kappa shape index (κ3) is 4.37. The van der Waals surface area contributed by atoms with Crippen molar-refractivity contribution in [2.45, 2.75) is 27.3 Å². The normalized spacial score (nSPS) is 10.9. The average molecular weight is 303 g/mol. The second kappa shape index (κ2) is 7.33. The molecule has 1 amide bonds. The zero-order chi connectivity index (χ0) is 15.2. The Hall–Kier alpha value is -1.72. The molecule has 0 unspecified atom stereocenters. The van der Waals surface area contributed by atoms with E-state index in [0.717, 1.165) is 30.3 Å². The predicted octanol–water partition coefficient (Wildman–Crippen LogP) is 3.55. The van der Waals surface area contributed by atoms with Gasteiger partial charge in [0, 0.05) is 12.2 Å². The maximum Gasteiger partial charge on any atom is 0.267 e. The molecular formula is C16H21N3OS. The number of benzene rings is 1. The van der Waals surface area contributed by atoms with Crippen LogP contribution >= 0.6 is 11.3 Å². The summed E-state index contributed by atoms with van der Waals surface area (Å²) in [5.41, 5.74) is 2.07. The molecule has 0 saturated heterocycles. The number of nitrogens with one attached hydrogen (secondary N) is 1. The van der Waals surface area contributed by atoms with E-state index in [0.29, 0.717) is 4.88 Å². The average Bonchev–Trinajstić information content (AvgIpc) is 2.93. The molecule has 4 nitrogen and oxygen atoms in total. The van der Waals surface area contributed by atoms with Crippen LogP contribution in [0.2, 0.25) is 0 Å². The molecule has 1 aromatic heterocycles. The first kappa shape index (κ1) is 15.7. The molecule has 0 aliphatic rings. The van der Waals surface area contributed by atoms with Crippen LogP contribution < -0.4 is 5.32 Å². The zero-order valence-corrected chi connectivity index (χ0v) is 13.5. The van der Waals surface area contributed by atoms with Gasteiger partial charge in [-0.15, -0.1) is 11.3 Å². The minimum Gasteiger partial charge on any atom is -0.321 e. The van der Waals surface area contributed by atoms with Crippen molar-refractivity contribution in [3.63, 3.8) is 0 Å². The number of aryl methyl sites for hydroxylation is 1. The highest BCUT2D eigenvalue weighted by Crippen LogP contribution is 2.16. The Bertz CT molecular complexity index is 588. The molecule has 1 N–H and O–H groups in total. The Balaban J connectivity index is 1.97. The van der Waals surface area contributed by atoms with Crippen LogP contribution in [0.4, 0.5) is 5.69 Å². The van der Waals surface area contributed by atoms with E-state index in [1.807, 2.05) is 19.1 Å². The molecule has 0 bridgehead atoms. The van der Waals surface area contributed by atoms with Crippen molar-refractivity contribution in [2.75, 3.05) is 18.4 Å². The van der Waals surface area contributed by atoms with Crippen LogP contribution in [0.3, 0.4) is 0 Å². The van der Waals surface area contributed by atoms with Crippen molar-refractivity contribution < 1.29 is 4.79 Å². The summed E-state index contributed by atoms with van der Waals surface area (Å²) in [5, 5.41) is 3.80. The van der Waals surface area contributed by atoms with Crippen LogP contribution in [-0.4, -0.2) is 28.9 Å². The Morgan fingerprint density at radius 2 is 1.90 bits per heavy atom. The number of aromatic nitrogens is 1. The Morgan fingerprint density at radius 1 is 1.24 bits per heavy atom. The Morgan fingerprint density at radius 3 is 2.43 bits per heavy atom. The summed E-state index contributed by atoms with van der Waals surface area (Å²) in [5.74, 6) is -0.0999. The minimum atomic E-state index is -0.0999. The van der Waals surface area contributed by atoms with Crippen molar-refractivity contribution in [2.24, 2.45) is 0 Å². The van der Waals surface area contributed by atoms with Gasteiger partial charge in [0.05, 0.1) is 11.2 Å². The van der Waals surface area contributed by atoms with E-state index in [4.69, 9.17) is 0 Å². The fraction of sp³-hybridized carbons (Fsp3) is 0.375.